The van der Waals surface area contributed by atoms with Crippen LogP contribution in [0.1, 0.15) is 11.1 Å². The molecule has 0 unspecified atom stereocenters. The van der Waals surface area contributed by atoms with Crippen LogP contribution in [0.25, 0.3) is 10.2 Å². The number of hydrogen-bond acceptors (Lipinski definition) is 5. The number of ether oxygens (including phenoxy) is 1. The van der Waals surface area contributed by atoms with E-state index in [0.29, 0.717) is 17.1 Å². The van der Waals surface area contributed by atoms with Crippen molar-refractivity contribution in [2.45, 2.75) is 25.3 Å². The van der Waals surface area contributed by atoms with Crippen molar-refractivity contribution in [3.63, 3.8) is 0 Å². The first-order chi connectivity index (χ1) is 13.7. The normalized spacial score (nSPS) is 12.3. The highest BCUT2D eigenvalue weighted by molar-refractivity contribution is 7.92. The predicted octanol–water partition coefficient (Wildman–Crippen LogP) is 3.42. The molecule has 0 aliphatic carbocycles. The highest BCUT2D eigenvalue weighted by atomic mass is 32.2. The van der Waals surface area contributed by atoms with E-state index in [2.05, 4.69) is 17.6 Å². The Bertz CT molecular complexity index is 1250. The molecule has 29 heavy (non-hydrogen) atoms. The number of sulfone groups is 1. The molecule has 1 aromatic heterocycles. The zero-order chi connectivity index (χ0) is 21.2. The molecule has 0 saturated carbocycles. The number of aryl methyl sites for hydroxylation is 2. The van der Waals surface area contributed by atoms with Gasteiger partial charge < -0.3 is 9.30 Å². The second kappa shape index (κ2) is 8.34. The fraction of sp³-hybridized carbons (Fsp3) is 0.238. The van der Waals surface area contributed by atoms with Gasteiger partial charge in [0.05, 0.1) is 22.2 Å². The number of aromatic nitrogens is 1. The smallest absolute Gasteiger partial charge is 0.263 e. The molecule has 0 N–H and O–H groups in total. The number of carbonyl (C=O) groups is 1. The van der Waals surface area contributed by atoms with Gasteiger partial charge >= 0.3 is 0 Å². The molecule has 0 atom stereocenters. The van der Waals surface area contributed by atoms with Gasteiger partial charge in [0.25, 0.3) is 5.91 Å². The van der Waals surface area contributed by atoms with Crippen molar-refractivity contribution < 1.29 is 17.9 Å². The van der Waals surface area contributed by atoms with E-state index in [0.717, 1.165) is 21.3 Å². The molecule has 0 spiro atoms. The number of methoxy groups -OCH3 is 1. The molecular weight excluding hydrogens is 408 g/mol. The average molecular weight is 431 g/mol. The molecule has 152 valence electrons. The number of allylic oxidation sites excluding steroid dienone is 1. The summed E-state index contributed by atoms with van der Waals surface area (Å²) in [6.45, 7) is 8.25. The number of benzene rings is 2. The Kier molecular flexibility index (Phi) is 6.04. The van der Waals surface area contributed by atoms with E-state index in [-0.39, 0.29) is 4.90 Å². The Morgan fingerprint density at radius 2 is 1.93 bits per heavy atom. The van der Waals surface area contributed by atoms with Crippen LogP contribution in [0.3, 0.4) is 0 Å². The Morgan fingerprint density at radius 1 is 1.24 bits per heavy atom. The number of amides is 1. The summed E-state index contributed by atoms with van der Waals surface area (Å²) in [5.41, 5.74) is 3.14. The summed E-state index contributed by atoms with van der Waals surface area (Å²) in [5, 5.41) is 0. The summed E-state index contributed by atoms with van der Waals surface area (Å²) >= 11 is 1.37. The Labute approximate surface area is 173 Å². The molecule has 0 aliphatic heterocycles. The number of hydrogen-bond donors (Lipinski definition) is 0. The van der Waals surface area contributed by atoms with Crippen LogP contribution in [-0.4, -0.2) is 31.8 Å². The highest BCUT2D eigenvalue weighted by Gasteiger charge is 2.20. The third kappa shape index (κ3) is 4.49. The minimum atomic E-state index is -3.80. The second-order valence-corrected chi connectivity index (χ2v) is 9.62. The quantitative estimate of drug-likeness (QED) is 0.562. The molecule has 0 saturated heterocycles. The largest absolute Gasteiger partial charge is 0.497 e. The lowest BCUT2D eigenvalue weighted by atomic mass is 10.1. The summed E-state index contributed by atoms with van der Waals surface area (Å²) in [6, 6.07) is 10.0. The Hall–Kier alpha value is -2.71. The Morgan fingerprint density at radius 3 is 2.55 bits per heavy atom. The minimum absolute atomic E-state index is 0.0589. The average Bonchev–Trinajstić information content (AvgIpc) is 2.99. The van der Waals surface area contributed by atoms with Gasteiger partial charge in [0, 0.05) is 6.54 Å². The maximum atomic E-state index is 12.6. The maximum absolute atomic E-state index is 12.6. The van der Waals surface area contributed by atoms with Gasteiger partial charge in [-0.15, -0.1) is 6.58 Å². The van der Waals surface area contributed by atoms with Crippen LogP contribution in [0, 0.1) is 13.8 Å². The van der Waals surface area contributed by atoms with Crippen LogP contribution < -0.4 is 9.54 Å². The van der Waals surface area contributed by atoms with E-state index in [1.54, 1.807) is 18.2 Å². The zero-order valence-electron chi connectivity index (χ0n) is 16.5. The second-order valence-electron chi connectivity index (χ2n) is 6.65. The fourth-order valence-electron chi connectivity index (χ4n) is 3.07. The maximum Gasteiger partial charge on any atom is 0.263 e. The third-order valence-corrected chi connectivity index (χ3v) is 7.23. The Balaban J connectivity index is 1.99. The van der Waals surface area contributed by atoms with Crippen molar-refractivity contribution in [3.8, 4) is 5.75 Å². The molecule has 3 aromatic rings. The molecule has 2 aromatic carbocycles. The number of nitrogens with zero attached hydrogens (tertiary/aromatic N) is 2. The first-order valence-corrected chi connectivity index (χ1v) is 11.4. The first-order valence-electron chi connectivity index (χ1n) is 8.91. The zero-order valence-corrected chi connectivity index (χ0v) is 18.1. The van der Waals surface area contributed by atoms with Gasteiger partial charge in [0.15, 0.2) is 14.6 Å². The molecule has 0 radical (unpaired) electrons. The SMILES string of the molecule is C=CCn1c(=NC(=O)CS(=O)(=O)c2ccc(OC)cc2)sc2c(C)cc(C)cc21. The summed E-state index contributed by atoms with van der Waals surface area (Å²) in [5.74, 6) is -0.861. The van der Waals surface area contributed by atoms with E-state index in [4.69, 9.17) is 4.74 Å². The van der Waals surface area contributed by atoms with Crippen molar-refractivity contribution in [2.75, 3.05) is 12.9 Å². The van der Waals surface area contributed by atoms with Gasteiger partial charge in [-0.05, 0) is 55.3 Å². The predicted molar refractivity (Wildman–Crippen MR) is 115 cm³/mol. The number of thiazole rings is 1. The van der Waals surface area contributed by atoms with Crippen LogP contribution in [0.4, 0.5) is 0 Å². The molecule has 1 amide bonds. The summed E-state index contributed by atoms with van der Waals surface area (Å²) in [4.78, 5) is 17.1. The van der Waals surface area contributed by atoms with E-state index in [1.807, 2.05) is 24.5 Å². The van der Waals surface area contributed by atoms with Gasteiger partial charge in [-0.3, -0.25) is 4.79 Å². The van der Waals surface area contributed by atoms with E-state index >= 15 is 0 Å². The van der Waals surface area contributed by atoms with Crippen molar-refractivity contribution in [1.82, 2.24) is 4.57 Å². The molecule has 0 bridgehead atoms. The molecule has 1 heterocycles. The number of fused-ring (bicyclic) bond motifs is 1. The molecule has 8 heteroatoms. The van der Waals surface area contributed by atoms with E-state index in [1.165, 1.54) is 30.6 Å². The standard InChI is InChI=1S/C21H22N2O4S2/c1-5-10-23-18-12-14(2)11-15(3)20(18)28-21(23)22-19(24)13-29(25,26)17-8-6-16(27-4)7-9-17/h5-9,11-12H,1,10,13H2,2-4H3. The van der Waals surface area contributed by atoms with Crippen molar-refractivity contribution >= 4 is 37.3 Å². The summed E-state index contributed by atoms with van der Waals surface area (Å²) in [7, 11) is -2.30. The lowest BCUT2D eigenvalue weighted by Gasteiger charge is -2.04. The highest BCUT2D eigenvalue weighted by Crippen LogP contribution is 2.23. The van der Waals surface area contributed by atoms with Crippen molar-refractivity contribution in [2.24, 2.45) is 4.99 Å². The monoisotopic (exact) mass is 430 g/mol. The number of carbonyl (C=O) groups excluding carboxylic acids is 1. The lowest BCUT2D eigenvalue weighted by Crippen LogP contribution is -2.20. The van der Waals surface area contributed by atoms with Crippen LogP contribution in [0.2, 0.25) is 0 Å². The molecule has 0 fully saturated rings. The summed E-state index contributed by atoms with van der Waals surface area (Å²) < 4.78 is 33.1. The van der Waals surface area contributed by atoms with Gasteiger partial charge in [-0.2, -0.15) is 4.99 Å². The van der Waals surface area contributed by atoms with Gasteiger partial charge in [-0.1, -0.05) is 23.5 Å². The minimum Gasteiger partial charge on any atom is -0.497 e. The van der Waals surface area contributed by atoms with Crippen LogP contribution in [0.15, 0.2) is 58.9 Å². The van der Waals surface area contributed by atoms with E-state index < -0.39 is 21.5 Å². The van der Waals surface area contributed by atoms with E-state index in [9.17, 15) is 13.2 Å². The van der Waals surface area contributed by atoms with Crippen LogP contribution in [0.5, 0.6) is 5.75 Å². The molecule has 6 nitrogen and oxygen atoms in total. The van der Waals surface area contributed by atoms with Crippen molar-refractivity contribution in [1.29, 1.82) is 0 Å². The van der Waals surface area contributed by atoms with Crippen LogP contribution in [-0.2, 0) is 21.2 Å². The van der Waals surface area contributed by atoms with Gasteiger partial charge in [0.2, 0.25) is 0 Å². The van der Waals surface area contributed by atoms with Crippen LogP contribution >= 0.6 is 11.3 Å². The summed E-state index contributed by atoms with van der Waals surface area (Å²) in [6.07, 6.45) is 1.72. The fourth-order valence-corrected chi connectivity index (χ4v) is 5.29. The third-order valence-electron chi connectivity index (χ3n) is 4.38. The molecule has 0 aliphatic rings. The first kappa shape index (κ1) is 21.0. The van der Waals surface area contributed by atoms with Crippen molar-refractivity contribution in [3.05, 3.63) is 65.0 Å². The lowest BCUT2D eigenvalue weighted by molar-refractivity contribution is -0.115. The molecular formula is C21H22N2O4S2. The van der Waals surface area contributed by atoms with Gasteiger partial charge in [0.1, 0.15) is 11.5 Å². The number of rotatable bonds is 6. The molecule has 3 rings (SSSR count). The topological polar surface area (TPSA) is 77.7 Å². The van der Waals surface area contributed by atoms with Gasteiger partial charge in [-0.25, -0.2) is 8.42 Å².